The maximum absolute atomic E-state index is 12.8. The molecule has 0 aliphatic carbocycles. The number of benzene rings is 1. The van der Waals surface area contributed by atoms with Crippen LogP contribution in [0.5, 0.6) is 0 Å². The number of carbonyl (C=O) groups is 3. The van der Waals surface area contributed by atoms with E-state index in [4.69, 9.17) is 0 Å². The van der Waals surface area contributed by atoms with E-state index in [9.17, 15) is 14.4 Å². The summed E-state index contributed by atoms with van der Waals surface area (Å²) >= 11 is 1.32. The molecule has 2 aromatic rings. The van der Waals surface area contributed by atoms with Crippen LogP contribution in [0.15, 0.2) is 35.7 Å². The number of urea groups is 1. The lowest BCUT2D eigenvalue weighted by Crippen LogP contribution is -2.42. The summed E-state index contributed by atoms with van der Waals surface area (Å²) in [6, 6.07) is 8.38. The van der Waals surface area contributed by atoms with Gasteiger partial charge in [0, 0.05) is 5.38 Å². The molecule has 0 radical (unpaired) electrons. The molecule has 4 amide bonds. The number of amides is 4. The first-order valence-electron chi connectivity index (χ1n) is 8.26. The fraction of sp³-hybridized carbons (Fsp3) is 0.333. The predicted octanol–water partition coefficient (Wildman–Crippen LogP) is 2.67. The van der Waals surface area contributed by atoms with Gasteiger partial charge in [-0.3, -0.25) is 14.5 Å². The topological polar surface area (TPSA) is 91.4 Å². The maximum atomic E-state index is 12.8. The summed E-state index contributed by atoms with van der Waals surface area (Å²) in [6.45, 7) is 5.30. The van der Waals surface area contributed by atoms with Crippen LogP contribution >= 0.6 is 11.3 Å². The second-order valence-electron chi connectivity index (χ2n) is 6.59. The molecule has 0 saturated carbocycles. The molecule has 0 spiro atoms. The van der Waals surface area contributed by atoms with Gasteiger partial charge >= 0.3 is 6.03 Å². The summed E-state index contributed by atoms with van der Waals surface area (Å²) in [5.41, 5.74) is 0.379. The number of hydrogen-bond donors (Lipinski definition) is 2. The molecule has 3 rings (SSSR count). The van der Waals surface area contributed by atoms with Crippen molar-refractivity contribution in [3.05, 3.63) is 47.0 Å². The van der Waals surface area contributed by atoms with Gasteiger partial charge in [-0.1, -0.05) is 44.2 Å². The lowest BCUT2D eigenvalue weighted by molar-refractivity contribution is -0.133. The number of nitrogens with one attached hydrogen (secondary N) is 2. The van der Waals surface area contributed by atoms with Crippen molar-refractivity contribution in [2.45, 2.75) is 32.2 Å². The van der Waals surface area contributed by atoms with E-state index in [0.717, 1.165) is 10.6 Å². The Morgan fingerprint density at radius 1 is 1.31 bits per heavy atom. The van der Waals surface area contributed by atoms with Gasteiger partial charge in [0.25, 0.3) is 5.91 Å². The number of carbonyl (C=O) groups excluding carboxylic acids is 3. The number of thiazole rings is 1. The predicted molar refractivity (Wildman–Crippen MR) is 98.9 cm³/mol. The Kier molecular flexibility index (Phi) is 4.78. The SMILES string of the molecule is CC(C)c1csc(NC(=O)CN2C(=O)N[C@](C)(c3ccccc3)C2=O)n1. The molecule has 1 aromatic carbocycles. The van der Waals surface area contributed by atoms with Crippen molar-refractivity contribution in [3.8, 4) is 0 Å². The van der Waals surface area contributed by atoms with Crippen LogP contribution < -0.4 is 10.6 Å². The normalized spacial score (nSPS) is 19.8. The summed E-state index contributed by atoms with van der Waals surface area (Å²) in [7, 11) is 0. The highest BCUT2D eigenvalue weighted by molar-refractivity contribution is 7.13. The molecule has 1 aliphatic heterocycles. The van der Waals surface area contributed by atoms with Crippen molar-refractivity contribution in [2.75, 3.05) is 11.9 Å². The lowest BCUT2D eigenvalue weighted by Gasteiger charge is -2.21. The van der Waals surface area contributed by atoms with E-state index in [1.54, 1.807) is 31.2 Å². The molecular weight excluding hydrogens is 352 g/mol. The molecule has 1 fully saturated rings. The third kappa shape index (κ3) is 3.32. The molecule has 0 unspecified atom stereocenters. The van der Waals surface area contributed by atoms with Crippen LogP contribution in [0.1, 0.15) is 37.9 Å². The molecule has 8 heteroatoms. The van der Waals surface area contributed by atoms with Crippen molar-refractivity contribution < 1.29 is 14.4 Å². The first-order valence-corrected chi connectivity index (χ1v) is 9.14. The van der Waals surface area contributed by atoms with Gasteiger partial charge < -0.3 is 10.6 Å². The van der Waals surface area contributed by atoms with Crippen LogP contribution in [-0.4, -0.2) is 34.3 Å². The van der Waals surface area contributed by atoms with Crippen LogP contribution in [-0.2, 0) is 15.1 Å². The van der Waals surface area contributed by atoms with E-state index in [0.29, 0.717) is 10.7 Å². The van der Waals surface area contributed by atoms with E-state index in [1.165, 1.54) is 11.3 Å². The first kappa shape index (κ1) is 18.1. The Labute approximate surface area is 155 Å². The van der Waals surface area contributed by atoms with Gasteiger partial charge in [0.15, 0.2) is 5.13 Å². The summed E-state index contributed by atoms with van der Waals surface area (Å²) in [5.74, 6) is -0.657. The highest BCUT2D eigenvalue weighted by Gasteiger charge is 2.49. The minimum atomic E-state index is -1.18. The Balaban J connectivity index is 1.70. The molecule has 26 heavy (non-hydrogen) atoms. The van der Waals surface area contributed by atoms with Crippen LogP contribution in [0, 0.1) is 0 Å². The summed E-state index contributed by atoms with van der Waals surface area (Å²) < 4.78 is 0. The largest absolute Gasteiger partial charge is 0.325 e. The van der Waals surface area contributed by atoms with E-state index in [-0.39, 0.29) is 12.5 Å². The van der Waals surface area contributed by atoms with Crippen molar-refractivity contribution in [2.24, 2.45) is 0 Å². The van der Waals surface area contributed by atoms with Crippen LogP contribution in [0.2, 0.25) is 0 Å². The molecular formula is C18H20N4O3S. The molecule has 2 heterocycles. The molecule has 136 valence electrons. The Hall–Kier alpha value is -2.74. The van der Waals surface area contributed by atoms with Gasteiger partial charge in [-0.2, -0.15) is 0 Å². The van der Waals surface area contributed by atoms with Crippen molar-refractivity contribution >= 4 is 34.3 Å². The molecule has 1 atom stereocenters. The van der Waals surface area contributed by atoms with Gasteiger partial charge in [0.1, 0.15) is 12.1 Å². The quantitative estimate of drug-likeness (QED) is 0.790. The van der Waals surface area contributed by atoms with Crippen molar-refractivity contribution in [1.82, 2.24) is 15.2 Å². The van der Waals surface area contributed by atoms with Gasteiger partial charge in [-0.25, -0.2) is 9.78 Å². The zero-order chi connectivity index (χ0) is 18.9. The monoisotopic (exact) mass is 372 g/mol. The minimum absolute atomic E-state index is 0.259. The Morgan fingerprint density at radius 3 is 2.62 bits per heavy atom. The number of hydrogen-bond acceptors (Lipinski definition) is 5. The van der Waals surface area contributed by atoms with Crippen molar-refractivity contribution in [1.29, 1.82) is 0 Å². The Morgan fingerprint density at radius 2 is 2.00 bits per heavy atom. The molecule has 2 N–H and O–H groups in total. The minimum Gasteiger partial charge on any atom is -0.319 e. The van der Waals surface area contributed by atoms with Gasteiger partial charge in [-0.15, -0.1) is 11.3 Å². The van der Waals surface area contributed by atoms with Gasteiger partial charge in [0.05, 0.1) is 5.69 Å². The fourth-order valence-corrected chi connectivity index (χ4v) is 3.61. The van der Waals surface area contributed by atoms with Gasteiger partial charge in [-0.05, 0) is 18.4 Å². The smallest absolute Gasteiger partial charge is 0.319 e. The summed E-state index contributed by atoms with van der Waals surface area (Å²) in [6.07, 6.45) is 0. The second-order valence-corrected chi connectivity index (χ2v) is 7.45. The number of imide groups is 1. The third-order valence-electron chi connectivity index (χ3n) is 4.29. The highest BCUT2D eigenvalue weighted by Crippen LogP contribution is 2.28. The van der Waals surface area contributed by atoms with E-state index in [2.05, 4.69) is 15.6 Å². The third-order valence-corrected chi connectivity index (χ3v) is 5.06. The summed E-state index contributed by atoms with van der Waals surface area (Å²) in [4.78, 5) is 42.5. The van der Waals surface area contributed by atoms with Gasteiger partial charge in [0.2, 0.25) is 5.91 Å². The lowest BCUT2D eigenvalue weighted by atomic mass is 9.92. The highest BCUT2D eigenvalue weighted by atomic mass is 32.1. The molecule has 1 saturated heterocycles. The molecule has 1 aliphatic rings. The Bertz CT molecular complexity index is 849. The van der Waals surface area contributed by atoms with Crippen molar-refractivity contribution in [3.63, 3.8) is 0 Å². The average Bonchev–Trinajstić information content (AvgIpc) is 3.15. The number of aromatic nitrogens is 1. The number of rotatable bonds is 5. The van der Waals surface area contributed by atoms with Crippen LogP contribution in [0.25, 0.3) is 0 Å². The summed E-state index contributed by atoms with van der Waals surface area (Å²) in [5, 5.41) is 7.66. The molecule has 0 bridgehead atoms. The van der Waals surface area contributed by atoms with E-state index < -0.39 is 23.4 Å². The maximum Gasteiger partial charge on any atom is 0.325 e. The van der Waals surface area contributed by atoms with E-state index >= 15 is 0 Å². The number of anilines is 1. The second kappa shape index (κ2) is 6.87. The number of nitrogens with zero attached hydrogens (tertiary/aromatic N) is 2. The zero-order valence-corrected chi connectivity index (χ0v) is 15.6. The van der Waals surface area contributed by atoms with E-state index in [1.807, 2.05) is 25.3 Å². The zero-order valence-electron chi connectivity index (χ0n) is 14.8. The van der Waals surface area contributed by atoms with Crippen LogP contribution in [0.3, 0.4) is 0 Å². The fourth-order valence-electron chi connectivity index (χ4n) is 2.72. The molecule has 7 nitrogen and oxygen atoms in total. The first-order chi connectivity index (χ1) is 12.3. The molecule has 1 aromatic heterocycles. The van der Waals surface area contributed by atoms with Crippen LogP contribution in [0.4, 0.5) is 9.93 Å². The standard InChI is InChI=1S/C18H20N4O3S/c1-11(2)13-10-26-16(19-13)20-14(23)9-22-15(24)18(3,21-17(22)25)12-7-5-4-6-8-12/h4-8,10-11H,9H2,1-3H3,(H,21,25)(H,19,20,23)/t18-/m1/s1. The average molecular weight is 372 g/mol.